The standard InChI is InChI=1S/C77H150O17P2/c1-5-9-13-17-21-24-27-30-32-34-35-36-38-40-42-45-48-52-56-60-64-77(82)94-73(68-88-75(80)62-58-54-50-46-44-41-39-37-33-31-28-25-22-18-14-10-6-2)70-92-96(85,86)90-66-71(78)65-89-95(83,84)91-69-72(67-87-74(79)61-57-53-49-20-16-12-8-4)93-76(81)63-59-55-51-47-43-29-26-23-19-15-11-7-3/h71-73,78H,5-70H2,1-4H3,(H,83,84)(H,85,86)/t71-,72+,73+/m0/s1. The summed E-state index contributed by atoms with van der Waals surface area (Å²) in [5.41, 5.74) is 0. The third-order valence-corrected chi connectivity index (χ3v) is 20.0. The first-order chi connectivity index (χ1) is 46.7. The Morgan fingerprint density at radius 2 is 0.417 bits per heavy atom. The second-order valence-corrected chi connectivity index (χ2v) is 30.7. The molecule has 17 nitrogen and oxygen atoms in total. The van der Waals surface area contributed by atoms with Crippen LogP contribution in [0.2, 0.25) is 0 Å². The van der Waals surface area contributed by atoms with Gasteiger partial charge in [0, 0.05) is 25.7 Å². The number of unbranched alkanes of at least 4 members (excludes halogenated alkanes) is 52. The fourth-order valence-electron chi connectivity index (χ4n) is 11.9. The Labute approximate surface area is 588 Å². The van der Waals surface area contributed by atoms with Gasteiger partial charge < -0.3 is 33.8 Å². The zero-order valence-corrected chi connectivity index (χ0v) is 64.1. The van der Waals surface area contributed by atoms with E-state index in [1.54, 1.807) is 0 Å². The molecule has 0 rings (SSSR count). The summed E-state index contributed by atoms with van der Waals surface area (Å²) in [5, 5.41) is 10.6. The summed E-state index contributed by atoms with van der Waals surface area (Å²) in [5.74, 6) is -2.11. The van der Waals surface area contributed by atoms with Crippen molar-refractivity contribution in [2.24, 2.45) is 0 Å². The highest BCUT2D eigenvalue weighted by molar-refractivity contribution is 7.47. The van der Waals surface area contributed by atoms with Gasteiger partial charge in [0.15, 0.2) is 12.2 Å². The first-order valence-electron chi connectivity index (χ1n) is 40.3. The zero-order valence-electron chi connectivity index (χ0n) is 62.4. The summed E-state index contributed by atoms with van der Waals surface area (Å²) in [6, 6.07) is 0. The Kier molecular flexibility index (Phi) is 70.0. The molecule has 0 heterocycles. The molecule has 0 bridgehead atoms. The van der Waals surface area contributed by atoms with Gasteiger partial charge in [0.05, 0.1) is 26.4 Å². The predicted molar refractivity (Wildman–Crippen MR) is 391 cm³/mol. The minimum atomic E-state index is -4.96. The van der Waals surface area contributed by atoms with E-state index in [0.717, 1.165) is 103 Å². The lowest BCUT2D eigenvalue weighted by atomic mass is 10.0. The Morgan fingerprint density at radius 1 is 0.250 bits per heavy atom. The predicted octanol–water partition coefficient (Wildman–Crippen LogP) is 23.0. The maximum Gasteiger partial charge on any atom is 0.472 e. The topological polar surface area (TPSA) is 237 Å². The van der Waals surface area contributed by atoms with Crippen molar-refractivity contribution in [1.82, 2.24) is 0 Å². The summed E-state index contributed by atoms with van der Waals surface area (Å²) in [6.07, 6.45) is 62.6. The maximum absolute atomic E-state index is 13.1. The van der Waals surface area contributed by atoms with Crippen molar-refractivity contribution in [1.29, 1.82) is 0 Å². The molecule has 0 aromatic heterocycles. The van der Waals surface area contributed by atoms with E-state index < -0.39 is 97.5 Å². The van der Waals surface area contributed by atoms with E-state index in [2.05, 4.69) is 27.7 Å². The van der Waals surface area contributed by atoms with Crippen LogP contribution < -0.4 is 0 Å². The molecule has 0 fully saturated rings. The van der Waals surface area contributed by atoms with E-state index >= 15 is 0 Å². The quantitative estimate of drug-likeness (QED) is 0.0222. The number of phosphoric ester groups is 2. The van der Waals surface area contributed by atoms with Crippen LogP contribution in [0, 0.1) is 0 Å². The number of phosphoric acid groups is 2. The van der Waals surface area contributed by atoms with Gasteiger partial charge in [-0.05, 0) is 25.7 Å². The van der Waals surface area contributed by atoms with Crippen molar-refractivity contribution in [3.05, 3.63) is 0 Å². The highest BCUT2D eigenvalue weighted by Crippen LogP contribution is 2.45. The first kappa shape index (κ1) is 94.1. The molecule has 0 amide bonds. The molecule has 0 spiro atoms. The molecule has 2 unspecified atom stereocenters. The van der Waals surface area contributed by atoms with Gasteiger partial charge in [0.1, 0.15) is 19.3 Å². The van der Waals surface area contributed by atoms with Crippen LogP contribution in [0.25, 0.3) is 0 Å². The maximum atomic E-state index is 13.1. The summed E-state index contributed by atoms with van der Waals surface area (Å²) < 4.78 is 68.4. The summed E-state index contributed by atoms with van der Waals surface area (Å²) in [7, 11) is -9.90. The number of hydrogen-bond donors (Lipinski definition) is 3. The lowest BCUT2D eigenvalue weighted by molar-refractivity contribution is -0.161. The minimum absolute atomic E-state index is 0.108. The van der Waals surface area contributed by atoms with Crippen LogP contribution >= 0.6 is 15.6 Å². The van der Waals surface area contributed by atoms with Gasteiger partial charge in [-0.2, -0.15) is 0 Å². The molecule has 0 saturated heterocycles. The number of ether oxygens (including phenoxy) is 4. The summed E-state index contributed by atoms with van der Waals surface area (Å²) in [4.78, 5) is 72.7. The Hall–Kier alpha value is -1.94. The minimum Gasteiger partial charge on any atom is -0.462 e. The van der Waals surface area contributed by atoms with E-state index in [1.165, 1.54) is 231 Å². The number of carbonyl (C=O) groups is 4. The SMILES string of the molecule is CCCCCCCCCCCCCCCCCCCCCCC(=O)O[C@H](COC(=O)CCCCCCCCCCCCCCCCCCC)COP(=O)(O)OC[C@@H](O)COP(=O)(O)OC[C@@H](COC(=O)CCCCCCCCC)OC(=O)CCCCCCCCCCCCCC. The van der Waals surface area contributed by atoms with Gasteiger partial charge in [-0.1, -0.05) is 362 Å². The van der Waals surface area contributed by atoms with E-state index in [0.29, 0.717) is 25.7 Å². The summed E-state index contributed by atoms with van der Waals surface area (Å²) >= 11 is 0. The highest BCUT2D eigenvalue weighted by atomic mass is 31.2. The molecule has 0 aliphatic heterocycles. The third kappa shape index (κ3) is 70.5. The van der Waals surface area contributed by atoms with Crippen molar-refractivity contribution in [3.8, 4) is 0 Å². The molecule has 3 N–H and O–H groups in total. The van der Waals surface area contributed by atoms with Gasteiger partial charge in [-0.25, -0.2) is 9.13 Å². The van der Waals surface area contributed by atoms with Crippen LogP contribution in [0.15, 0.2) is 0 Å². The van der Waals surface area contributed by atoms with Crippen LogP contribution in [0.3, 0.4) is 0 Å². The van der Waals surface area contributed by atoms with Crippen molar-refractivity contribution >= 4 is 39.5 Å². The molecule has 0 saturated carbocycles. The largest absolute Gasteiger partial charge is 0.472 e. The van der Waals surface area contributed by atoms with E-state index in [4.69, 9.17) is 37.0 Å². The second-order valence-electron chi connectivity index (χ2n) is 27.7. The monoisotopic (exact) mass is 1410 g/mol. The van der Waals surface area contributed by atoms with E-state index in [1.807, 2.05) is 0 Å². The zero-order chi connectivity index (χ0) is 70.4. The highest BCUT2D eigenvalue weighted by Gasteiger charge is 2.30. The summed E-state index contributed by atoms with van der Waals surface area (Å²) in [6.45, 7) is 4.95. The van der Waals surface area contributed by atoms with Crippen molar-refractivity contribution in [2.75, 3.05) is 39.6 Å². The van der Waals surface area contributed by atoms with Crippen LogP contribution in [0.1, 0.15) is 413 Å². The van der Waals surface area contributed by atoms with Gasteiger partial charge in [0.25, 0.3) is 0 Å². The number of hydrogen-bond acceptors (Lipinski definition) is 15. The lowest BCUT2D eigenvalue weighted by Crippen LogP contribution is -2.30. The average molecular weight is 1410 g/mol. The smallest absolute Gasteiger partial charge is 0.462 e. The molecule has 5 atom stereocenters. The van der Waals surface area contributed by atoms with Crippen LogP contribution in [-0.4, -0.2) is 96.7 Å². The number of rotatable bonds is 78. The molecule has 0 radical (unpaired) electrons. The molecule has 0 aromatic carbocycles. The normalized spacial score (nSPS) is 13.9. The second kappa shape index (κ2) is 71.5. The number of aliphatic hydroxyl groups excluding tert-OH is 1. The van der Waals surface area contributed by atoms with E-state index in [9.17, 15) is 43.2 Å². The Bertz CT molecular complexity index is 1830. The molecular formula is C77H150O17P2. The fraction of sp³-hybridized carbons (Fsp3) is 0.948. The van der Waals surface area contributed by atoms with Gasteiger partial charge in [-0.15, -0.1) is 0 Å². The lowest BCUT2D eigenvalue weighted by Gasteiger charge is -2.21. The van der Waals surface area contributed by atoms with E-state index in [-0.39, 0.29) is 25.7 Å². The van der Waals surface area contributed by atoms with Crippen molar-refractivity contribution in [2.45, 2.75) is 431 Å². The number of aliphatic hydroxyl groups is 1. The number of carbonyl (C=O) groups excluding carboxylic acids is 4. The van der Waals surface area contributed by atoms with Crippen LogP contribution in [0.4, 0.5) is 0 Å². The molecule has 0 aromatic rings. The first-order valence-corrected chi connectivity index (χ1v) is 43.3. The van der Waals surface area contributed by atoms with Crippen LogP contribution in [0.5, 0.6) is 0 Å². The van der Waals surface area contributed by atoms with Gasteiger partial charge >= 0.3 is 39.5 Å². The molecule has 0 aliphatic carbocycles. The third-order valence-electron chi connectivity index (χ3n) is 18.1. The molecule has 0 aliphatic rings. The number of esters is 4. The Balaban J connectivity index is 5.17. The van der Waals surface area contributed by atoms with Crippen molar-refractivity contribution in [3.63, 3.8) is 0 Å². The molecular weight excluding hydrogens is 1260 g/mol. The van der Waals surface area contributed by atoms with Crippen molar-refractivity contribution < 1.29 is 80.2 Å². The Morgan fingerprint density at radius 3 is 0.615 bits per heavy atom. The van der Waals surface area contributed by atoms with Crippen LogP contribution in [-0.2, 0) is 65.4 Å². The molecule has 19 heteroatoms. The molecule has 96 heavy (non-hydrogen) atoms. The fourth-order valence-corrected chi connectivity index (χ4v) is 13.5. The molecule has 570 valence electrons. The van der Waals surface area contributed by atoms with Gasteiger partial charge in [-0.3, -0.25) is 37.3 Å². The van der Waals surface area contributed by atoms with Gasteiger partial charge in [0.2, 0.25) is 0 Å². The average Bonchev–Trinajstić information content (AvgIpc) is 2.18.